The molecule has 0 saturated carbocycles. The maximum absolute atomic E-state index is 12.5. The Kier molecular flexibility index (Phi) is 7.32. The maximum Gasteiger partial charge on any atom is 0.266 e. The fourth-order valence-electron chi connectivity index (χ4n) is 2.66. The summed E-state index contributed by atoms with van der Waals surface area (Å²) in [6, 6.07) is 15.0. The molecule has 5 nitrogen and oxygen atoms in total. The first-order valence-corrected chi connectivity index (χ1v) is 10.2. The molecule has 1 aliphatic heterocycles. The summed E-state index contributed by atoms with van der Waals surface area (Å²) < 4.78 is 17.3. The number of amides is 1. The molecule has 0 aromatic heterocycles. The maximum atomic E-state index is 12.5. The topological polar surface area (TPSA) is 48.0 Å². The average molecular weight is 428 g/mol. The minimum atomic E-state index is -0.115. The first-order valence-electron chi connectivity index (χ1n) is 8.97. The van der Waals surface area contributed by atoms with Crippen LogP contribution in [0.25, 0.3) is 6.08 Å². The molecule has 0 atom stereocenters. The normalized spacial score (nSPS) is 14.9. The number of methoxy groups -OCH3 is 1. The number of ether oxygens (including phenoxy) is 3. The van der Waals surface area contributed by atoms with E-state index in [0.717, 1.165) is 11.3 Å². The predicted octanol–water partition coefficient (Wildman–Crippen LogP) is 4.54. The SMILES string of the molecule is C=CCN1C(=O)/C(=C/c2ccccc2OCCOc2cccc(OC)c2)SC1=S. The molecule has 0 N–H and O–H groups in total. The van der Waals surface area contributed by atoms with Gasteiger partial charge in [-0.3, -0.25) is 9.69 Å². The van der Waals surface area contributed by atoms with Crippen molar-refractivity contribution in [1.29, 1.82) is 0 Å². The van der Waals surface area contributed by atoms with Crippen molar-refractivity contribution in [2.75, 3.05) is 26.9 Å². The summed E-state index contributed by atoms with van der Waals surface area (Å²) in [6.07, 6.45) is 3.47. The average Bonchev–Trinajstić information content (AvgIpc) is 3.00. The van der Waals surface area contributed by atoms with E-state index in [1.54, 1.807) is 19.3 Å². The third kappa shape index (κ3) is 5.40. The quantitative estimate of drug-likeness (QED) is 0.253. The first-order chi connectivity index (χ1) is 14.1. The number of thioether (sulfide) groups is 1. The molecular formula is C22H21NO4S2. The van der Waals surface area contributed by atoms with Crippen LogP contribution in [0.4, 0.5) is 0 Å². The Labute approximate surface area is 179 Å². The van der Waals surface area contributed by atoms with Gasteiger partial charge in [-0.2, -0.15) is 0 Å². The number of hydrogen-bond acceptors (Lipinski definition) is 6. The van der Waals surface area contributed by atoms with Crippen molar-refractivity contribution < 1.29 is 19.0 Å². The van der Waals surface area contributed by atoms with Crippen molar-refractivity contribution in [1.82, 2.24) is 4.90 Å². The highest BCUT2D eigenvalue weighted by molar-refractivity contribution is 8.26. The lowest BCUT2D eigenvalue weighted by Crippen LogP contribution is -2.27. The van der Waals surface area contributed by atoms with Crippen LogP contribution in [-0.2, 0) is 4.79 Å². The summed E-state index contributed by atoms with van der Waals surface area (Å²) >= 11 is 6.57. The van der Waals surface area contributed by atoms with Crippen LogP contribution in [0.15, 0.2) is 66.1 Å². The summed E-state index contributed by atoms with van der Waals surface area (Å²) in [5.41, 5.74) is 0.813. The number of thiocarbonyl (C=S) groups is 1. The molecule has 0 unspecified atom stereocenters. The van der Waals surface area contributed by atoms with Gasteiger partial charge in [0.25, 0.3) is 5.91 Å². The highest BCUT2D eigenvalue weighted by atomic mass is 32.2. The largest absolute Gasteiger partial charge is 0.497 e. The number of carbonyl (C=O) groups excluding carboxylic acids is 1. The molecule has 150 valence electrons. The Hall–Kier alpha value is -2.77. The zero-order chi connectivity index (χ0) is 20.6. The van der Waals surface area contributed by atoms with Crippen molar-refractivity contribution in [3.63, 3.8) is 0 Å². The highest BCUT2D eigenvalue weighted by Crippen LogP contribution is 2.34. The molecular weight excluding hydrogens is 406 g/mol. The van der Waals surface area contributed by atoms with Gasteiger partial charge in [0.1, 0.15) is 34.8 Å². The zero-order valence-electron chi connectivity index (χ0n) is 16.0. The molecule has 29 heavy (non-hydrogen) atoms. The number of carbonyl (C=O) groups is 1. The second kappa shape index (κ2) is 10.1. The number of nitrogens with zero attached hydrogens (tertiary/aromatic N) is 1. The monoisotopic (exact) mass is 427 g/mol. The Morgan fingerprint density at radius 1 is 1.10 bits per heavy atom. The number of rotatable bonds is 9. The Morgan fingerprint density at radius 2 is 1.86 bits per heavy atom. The standard InChI is InChI=1S/C22H21NO4S2/c1-3-11-23-21(24)20(29-22(23)28)14-16-7-4-5-10-19(16)27-13-12-26-18-9-6-8-17(15-18)25-2/h3-10,14-15H,1,11-13H2,2H3/b20-14-. The van der Waals surface area contributed by atoms with Crippen LogP contribution >= 0.6 is 24.0 Å². The van der Waals surface area contributed by atoms with Crippen LogP contribution < -0.4 is 14.2 Å². The second-order valence-corrected chi connectivity index (χ2v) is 7.67. The Morgan fingerprint density at radius 3 is 2.66 bits per heavy atom. The van der Waals surface area contributed by atoms with E-state index in [1.807, 2.05) is 48.5 Å². The molecule has 1 fully saturated rings. The molecule has 1 aliphatic rings. The first kappa shape index (κ1) is 21.0. The summed E-state index contributed by atoms with van der Waals surface area (Å²) in [7, 11) is 1.62. The van der Waals surface area contributed by atoms with Gasteiger partial charge in [-0.15, -0.1) is 6.58 Å². The number of benzene rings is 2. The lowest BCUT2D eigenvalue weighted by Gasteiger charge is -2.12. The van der Waals surface area contributed by atoms with E-state index in [-0.39, 0.29) is 5.91 Å². The number of para-hydroxylation sites is 1. The van der Waals surface area contributed by atoms with Gasteiger partial charge in [0.05, 0.1) is 12.0 Å². The van der Waals surface area contributed by atoms with Crippen molar-refractivity contribution in [2.24, 2.45) is 0 Å². The molecule has 1 heterocycles. The molecule has 0 aliphatic carbocycles. The zero-order valence-corrected chi connectivity index (χ0v) is 17.6. The van der Waals surface area contributed by atoms with Crippen LogP contribution in [0.2, 0.25) is 0 Å². The third-order valence-electron chi connectivity index (χ3n) is 4.04. The fraction of sp³-hybridized carbons (Fsp3) is 0.182. The molecule has 2 aromatic rings. The third-order valence-corrected chi connectivity index (χ3v) is 5.42. The molecule has 7 heteroatoms. The van der Waals surface area contributed by atoms with E-state index >= 15 is 0 Å². The molecule has 0 radical (unpaired) electrons. The predicted molar refractivity (Wildman–Crippen MR) is 121 cm³/mol. The molecule has 0 bridgehead atoms. The molecule has 2 aromatic carbocycles. The summed E-state index contributed by atoms with van der Waals surface area (Å²) in [4.78, 5) is 14.6. The van der Waals surface area contributed by atoms with Crippen molar-refractivity contribution in [3.8, 4) is 17.2 Å². The number of hydrogen-bond donors (Lipinski definition) is 0. The van der Waals surface area contributed by atoms with Gasteiger partial charge in [-0.05, 0) is 24.3 Å². The van der Waals surface area contributed by atoms with Gasteiger partial charge in [-0.1, -0.05) is 54.3 Å². The highest BCUT2D eigenvalue weighted by Gasteiger charge is 2.31. The van der Waals surface area contributed by atoms with E-state index in [1.165, 1.54) is 16.7 Å². The van der Waals surface area contributed by atoms with Crippen molar-refractivity contribution in [2.45, 2.75) is 0 Å². The van der Waals surface area contributed by atoms with Crippen LogP contribution in [0.3, 0.4) is 0 Å². The minimum Gasteiger partial charge on any atom is -0.497 e. The molecule has 1 saturated heterocycles. The Balaban J connectivity index is 1.63. The van der Waals surface area contributed by atoms with Crippen molar-refractivity contribution >= 4 is 40.3 Å². The van der Waals surface area contributed by atoms with Gasteiger partial charge in [-0.25, -0.2) is 0 Å². The Bertz CT molecular complexity index is 942. The van der Waals surface area contributed by atoms with Gasteiger partial charge >= 0.3 is 0 Å². The summed E-state index contributed by atoms with van der Waals surface area (Å²) in [6.45, 7) is 4.81. The van der Waals surface area contributed by atoms with E-state index in [0.29, 0.717) is 40.5 Å². The lowest BCUT2D eigenvalue weighted by molar-refractivity contribution is -0.121. The van der Waals surface area contributed by atoms with Crippen LogP contribution in [0.1, 0.15) is 5.56 Å². The van der Waals surface area contributed by atoms with Crippen LogP contribution in [0.5, 0.6) is 17.2 Å². The summed E-state index contributed by atoms with van der Waals surface area (Å²) in [5.74, 6) is 2.02. The molecule has 0 spiro atoms. The van der Waals surface area contributed by atoms with Crippen LogP contribution in [0, 0.1) is 0 Å². The minimum absolute atomic E-state index is 0.115. The molecule has 1 amide bonds. The second-order valence-electron chi connectivity index (χ2n) is 5.99. The van der Waals surface area contributed by atoms with Gasteiger partial charge in [0, 0.05) is 18.2 Å². The van der Waals surface area contributed by atoms with Gasteiger partial charge in [0.2, 0.25) is 0 Å². The van der Waals surface area contributed by atoms with Crippen molar-refractivity contribution in [3.05, 3.63) is 71.7 Å². The van der Waals surface area contributed by atoms with Gasteiger partial charge < -0.3 is 14.2 Å². The fourth-order valence-corrected chi connectivity index (χ4v) is 3.93. The lowest BCUT2D eigenvalue weighted by atomic mass is 10.2. The van der Waals surface area contributed by atoms with E-state index in [9.17, 15) is 4.79 Å². The van der Waals surface area contributed by atoms with E-state index in [4.69, 9.17) is 26.4 Å². The smallest absolute Gasteiger partial charge is 0.266 e. The van der Waals surface area contributed by atoms with E-state index < -0.39 is 0 Å². The molecule has 3 rings (SSSR count). The van der Waals surface area contributed by atoms with Crippen LogP contribution in [-0.4, -0.2) is 42.0 Å². The van der Waals surface area contributed by atoms with E-state index in [2.05, 4.69) is 6.58 Å². The van der Waals surface area contributed by atoms with Gasteiger partial charge in [0.15, 0.2) is 0 Å². The summed E-state index contributed by atoms with van der Waals surface area (Å²) in [5, 5.41) is 0.